The van der Waals surface area contributed by atoms with Crippen molar-refractivity contribution in [2.75, 3.05) is 0 Å². The molecule has 0 aliphatic heterocycles. The van der Waals surface area contributed by atoms with E-state index in [4.69, 9.17) is 12.6 Å². The SMILES string of the molecule is CCC1(CC)CC(C)(C)c2cc3c(c(S)c21)C(CC)(CC)CC3(C)C. The van der Waals surface area contributed by atoms with Gasteiger partial charge in [-0.3, -0.25) is 0 Å². The van der Waals surface area contributed by atoms with Crippen molar-refractivity contribution < 1.29 is 0 Å². The van der Waals surface area contributed by atoms with Crippen LogP contribution in [0.5, 0.6) is 0 Å². The van der Waals surface area contributed by atoms with Crippen molar-refractivity contribution in [1.29, 1.82) is 0 Å². The summed E-state index contributed by atoms with van der Waals surface area (Å²) in [6, 6.07) is 2.62. The molecule has 0 spiro atoms. The van der Waals surface area contributed by atoms with Crippen LogP contribution in [0.15, 0.2) is 11.0 Å². The van der Waals surface area contributed by atoms with Crippen molar-refractivity contribution in [1.82, 2.24) is 0 Å². The Hall–Kier alpha value is -0.430. The fraction of sp³-hybridized carbons (Fsp3) is 0.750. The van der Waals surface area contributed by atoms with E-state index in [0.29, 0.717) is 10.8 Å². The lowest BCUT2D eigenvalue weighted by Crippen LogP contribution is -2.26. The highest BCUT2D eigenvalue weighted by molar-refractivity contribution is 7.80. The lowest BCUT2D eigenvalue weighted by molar-refractivity contribution is 0.316. The van der Waals surface area contributed by atoms with Crippen molar-refractivity contribution in [2.24, 2.45) is 0 Å². The Bertz CT molecular complexity index is 628. The van der Waals surface area contributed by atoms with Crippen molar-refractivity contribution in [2.45, 2.75) is 120 Å². The minimum atomic E-state index is 0.258. The van der Waals surface area contributed by atoms with E-state index >= 15 is 0 Å². The zero-order valence-corrected chi connectivity index (χ0v) is 18.7. The monoisotopic (exact) mass is 358 g/mol. The van der Waals surface area contributed by atoms with Gasteiger partial charge in [0.1, 0.15) is 0 Å². The Kier molecular flexibility index (Phi) is 4.47. The molecule has 0 N–H and O–H groups in total. The van der Waals surface area contributed by atoms with Gasteiger partial charge in [0.2, 0.25) is 0 Å². The molecule has 0 saturated carbocycles. The maximum Gasteiger partial charge on any atom is 0.0121 e. The number of hydrogen-bond donors (Lipinski definition) is 1. The van der Waals surface area contributed by atoms with E-state index in [-0.39, 0.29) is 10.8 Å². The average Bonchev–Trinajstić information content (AvgIpc) is 2.95. The summed E-state index contributed by atoms with van der Waals surface area (Å²) in [5, 5.41) is 0. The van der Waals surface area contributed by atoms with E-state index in [2.05, 4.69) is 61.5 Å². The highest BCUT2D eigenvalue weighted by Gasteiger charge is 2.53. The van der Waals surface area contributed by atoms with Crippen LogP contribution < -0.4 is 0 Å². The Morgan fingerprint density at radius 3 is 1.32 bits per heavy atom. The molecule has 0 unspecified atom stereocenters. The van der Waals surface area contributed by atoms with E-state index in [0.717, 1.165) is 0 Å². The molecule has 0 bridgehead atoms. The Morgan fingerprint density at radius 2 is 1.04 bits per heavy atom. The van der Waals surface area contributed by atoms with Crippen molar-refractivity contribution >= 4 is 12.6 Å². The Morgan fingerprint density at radius 1 is 0.720 bits per heavy atom. The van der Waals surface area contributed by atoms with Gasteiger partial charge < -0.3 is 0 Å². The van der Waals surface area contributed by atoms with Gasteiger partial charge in [0.05, 0.1) is 0 Å². The summed E-state index contributed by atoms with van der Waals surface area (Å²) in [5.41, 5.74) is 7.53. The molecule has 2 aliphatic carbocycles. The molecule has 0 nitrogen and oxygen atoms in total. The lowest BCUT2D eigenvalue weighted by atomic mass is 9.72. The lowest BCUT2D eigenvalue weighted by Gasteiger charge is -2.34. The molecule has 25 heavy (non-hydrogen) atoms. The quantitative estimate of drug-likeness (QED) is 0.531. The molecule has 0 saturated heterocycles. The van der Waals surface area contributed by atoms with E-state index in [1.165, 1.54) is 43.4 Å². The molecule has 140 valence electrons. The molecule has 0 aromatic heterocycles. The minimum Gasteiger partial charge on any atom is -0.143 e. The number of hydrogen-bond acceptors (Lipinski definition) is 1. The van der Waals surface area contributed by atoms with Crippen LogP contribution in [0.2, 0.25) is 0 Å². The zero-order chi connectivity index (χ0) is 18.8. The van der Waals surface area contributed by atoms with Crippen LogP contribution in [0, 0.1) is 0 Å². The summed E-state index contributed by atoms with van der Waals surface area (Å²) in [4.78, 5) is 1.36. The first-order chi connectivity index (χ1) is 11.5. The molecule has 0 fully saturated rings. The van der Waals surface area contributed by atoms with Gasteiger partial charge in [0, 0.05) is 4.90 Å². The third kappa shape index (κ3) is 2.40. The Balaban J connectivity index is 2.41. The first kappa shape index (κ1) is 19.3. The highest BCUT2D eigenvalue weighted by Crippen LogP contribution is 2.62. The first-order valence-corrected chi connectivity index (χ1v) is 10.9. The van der Waals surface area contributed by atoms with Crippen LogP contribution in [0.1, 0.15) is 116 Å². The normalized spacial score (nSPS) is 24.2. The molecule has 0 amide bonds. The zero-order valence-electron chi connectivity index (χ0n) is 17.8. The number of rotatable bonds is 4. The Labute approximate surface area is 161 Å². The third-order valence-corrected chi connectivity index (χ3v) is 8.53. The fourth-order valence-electron chi connectivity index (χ4n) is 6.58. The standard InChI is InChI=1S/C24H38S/c1-9-23(10-2)14-21(5,6)16-13-17-19(20(25)18(16)23)24(11-3,12-4)15-22(17,7)8/h13,25H,9-12,14-15H2,1-8H3. The van der Waals surface area contributed by atoms with Gasteiger partial charge in [-0.05, 0) is 82.4 Å². The summed E-state index contributed by atoms with van der Waals surface area (Å²) in [7, 11) is 0. The number of thiol groups is 1. The van der Waals surface area contributed by atoms with Crippen LogP contribution in [-0.4, -0.2) is 0 Å². The predicted octanol–water partition coefficient (Wildman–Crippen LogP) is 7.45. The van der Waals surface area contributed by atoms with E-state index in [1.807, 2.05) is 0 Å². The molecule has 0 atom stereocenters. The molecule has 1 heteroatoms. The number of benzene rings is 1. The summed E-state index contributed by atoms with van der Waals surface area (Å²) < 4.78 is 0. The maximum atomic E-state index is 5.29. The van der Waals surface area contributed by atoms with Gasteiger partial charge in [-0.1, -0.05) is 61.5 Å². The molecule has 1 aromatic rings. The van der Waals surface area contributed by atoms with Crippen molar-refractivity contribution in [3.63, 3.8) is 0 Å². The van der Waals surface area contributed by atoms with Crippen LogP contribution >= 0.6 is 12.6 Å². The summed E-state index contributed by atoms with van der Waals surface area (Å²) >= 11 is 5.29. The number of fused-ring (bicyclic) bond motifs is 2. The van der Waals surface area contributed by atoms with Crippen LogP contribution in [0.25, 0.3) is 0 Å². The molecule has 3 rings (SSSR count). The maximum absolute atomic E-state index is 5.29. The van der Waals surface area contributed by atoms with E-state index in [1.54, 1.807) is 22.3 Å². The largest absolute Gasteiger partial charge is 0.143 e. The summed E-state index contributed by atoms with van der Waals surface area (Å²) in [6.45, 7) is 19.3. The molecular formula is C24H38S. The smallest absolute Gasteiger partial charge is 0.0121 e. The van der Waals surface area contributed by atoms with Gasteiger partial charge in [-0.25, -0.2) is 0 Å². The molecular weight excluding hydrogens is 320 g/mol. The first-order valence-electron chi connectivity index (χ1n) is 10.5. The molecule has 0 radical (unpaired) electrons. The molecule has 1 aromatic carbocycles. The van der Waals surface area contributed by atoms with Gasteiger partial charge in [-0.2, -0.15) is 0 Å². The van der Waals surface area contributed by atoms with Gasteiger partial charge in [0.25, 0.3) is 0 Å². The van der Waals surface area contributed by atoms with Crippen LogP contribution in [0.4, 0.5) is 0 Å². The second-order valence-corrected chi connectivity index (χ2v) is 10.6. The fourth-order valence-corrected chi connectivity index (χ4v) is 7.29. The van der Waals surface area contributed by atoms with Gasteiger partial charge in [-0.15, -0.1) is 12.6 Å². The van der Waals surface area contributed by atoms with E-state index < -0.39 is 0 Å². The second kappa shape index (κ2) is 5.78. The molecule has 0 heterocycles. The molecule has 2 aliphatic rings. The van der Waals surface area contributed by atoms with Crippen LogP contribution in [-0.2, 0) is 21.7 Å². The van der Waals surface area contributed by atoms with E-state index in [9.17, 15) is 0 Å². The van der Waals surface area contributed by atoms with Crippen molar-refractivity contribution in [3.8, 4) is 0 Å². The summed E-state index contributed by atoms with van der Waals surface area (Å²) in [6.07, 6.45) is 7.43. The third-order valence-electron chi connectivity index (χ3n) is 8.09. The topological polar surface area (TPSA) is 0 Å². The minimum absolute atomic E-state index is 0.258. The van der Waals surface area contributed by atoms with Gasteiger partial charge in [0.15, 0.2) is 0 Å². The van der Waals surface area contributed by atoms with Crippen LogP contribution in [0.3, 0.4) is 0 Å². The summed E-state index contributed by atoms with van der Waals surface area (Å²) in [5.74, 6) is 0. The average molecular weight is 359 g/mol. The second-order valence-electron chi connectivity index (χ2n) is 10.2. The van der Waals surface area contributed by atoms with Crippen molar-refractivity contribution in [3.05, 3.63) is 28.3 Å². The highest BCUT2D eigenvalue weighted by atomic mass is 32.1. The predicted molar refractivity (Wildman–Crippen MR) is 114 cm³/mol. The van der Waals surface area contributed by atoms with Gasteiger partial charge >= 0.3 is 0 Å².